The minimum atomic E-state index is 0.0366. The summed E-state index contributed by atoms with van der Waals surface area (Å²) in [4.78, 5) is 12.7. The zero-order valence-corrected chi connectivity index (χ0v) is 13.3. The summed E-state index contributed by atoms with van der Waals surface area (Å²) in [5.41, 5.74) is 2.53. The lowest BCUT2D eigenvalue weighted by Gasteiger charge is -2.10. The summed E-state index contributed by atoms with van der Waals surface area (Å²) >= 11 is 3.43. The van der Waals surface area contributed by atoms with Gasteiger partial charge in [-0.1, -0.05) is 28.1 Å². The van der Waals surface area contributed by atoms with Crippen molar-refractivity contribution in [3.8, 4) is 16.9 Å². The number of fused-ring (bicyclic) bond motifs is 1. The smallest absolute Gasteiger partial charge is 0.197 e. The average Bonchev–Trinajstić information content (AvgIpc) is 2.51. The highest BCUT2D eigenvalue weighted by Gasteiger charge is 2.10. The van der Waals surface area contributed by atoms with Crippen molar-refractivity contribution in [1.29, 1.82) is 0 Å². The maximum Gasteiger partial charge on any atom is 0.197 e. The van der Waals surface area contributed by atoms with Crippen LogP contribution in [0.15, 0.2) is 57.9 Å². The molecule has 3 nitrogen and oxygen atoms in total. The Morgan fingerprint density at radius 1 is 1.10 bits per heavy atom. The highest BCUT2D eigenvalue weighted by Crippen LogP contribution is 2.23. The number of nitrogens with zero attached hydrogens (tertiary/aromatic N) is 1. The molecule has 0 radical (unpaired) electrons. The van der Waals surface area contributed by atoms with Gasteiger partial charge in [-0.05, 0) is 35.9 Å². The van der Waals surface area contributed by atoms with Crippen LogP contribution in [-0.2, 0) is 7.05 Å². The molecule has 0 aliphatic heterocycles. The maximum absolute atomic E-state index is 12.7. The van der Waals surface area contributed by atoms with E-state index in [1.807, 2.05) is 60.3 Å². The Bertz CT molecular complexity index is 866. The van der Waals surface area contributed by atoms with Crippen molar-refractivity contribution in [2.45, 2.75) is 0 Å². The third-order valence-electron chi connectivity index (χ3n) is 3.55. The predicted octanol–water partition coefficient (Wildman–Crippen LogP) is 3.98. The Balaban J connectivity index is 2.27. The summed E-state index contributed by atoms with van der Waals surface area (Å²) in [6, 6.07) is 13.3. The Morgan fingerprint density at radius 3 is 2.48 bits per heavy atom. The minimum absolute atomic E-state index is 0.0366. The SMILES string of the molecule is COc1ccc(-c2cn(C)c3ccc(Br)cc3c2=O)cc1. The van der Waals surface area contributed by atoms with Gasteiger partial charge >= 0.3 is 0 Å². The molecule has 0 aliphatic carbocycles. The zero-order chi connectivity index (χ0) is 15.0. The van der Waals surface area contributed by atoms with Crippen LogP contribution in [0.5, 0.6) is 5.75 Å². The first-order valence-electron chi connectivity index (χ1n) is 6.53. The number of methoxy groups -OCH3 is 1. The predicted molar refractivity (Wildman–Crippen MR) is 88.9 cm³/mol. The molecule has 0 bridgehead atoms. The first-order valence-corrected chi connectivity index (χ1v) is 7.33. The van der Waals surface area contributed by atoms with Gasteiger partial charge in [0.25, 0.3) is 0 Å². The third-order valence-corrected chi connectivity index (χ3v) is 4.04. The second kappa shape index (κ2) is 5.37. The maximum atomic E-state index is 12.7. The highest BCUT2D eigenvalue weighted by molar-refractivity contribution is 9.10. The van der Waals surface area contributed by atoms with Gasteiger partial charge in [0.1, 0.15) is 5.75 Å². The van der Waals surface area contributed by atoms with Crippen molar-refractivity contribution in [1.82, 2.24) is 4.57 Å². The molecule has 0 N–H and O–H groups in total. The molecule has 0 saturated carbocycles. The highest BCUT2D eigenvalue weighted by atomic mass is 79.9. The van der Waals surface area contributed by atoms with E-state index < -0.39 is 0 Å². The summed E-state index contributed by atoms with van der Waals surface area (Å²) < 4.78 is 8.03. The molecule has 1 heterocycles. The van der Waals surface area contributed by atoms with Crippen LogP contribution >= 0.6 is 15.9 Å². The molecule has 3 rings (SSSR count). The topological polar surface area (TPSA) is 31.2 Å². The van der Waals surface area contributed by atoms with Crippen molar-refractivity contribution < 1.29 is 4.74 Å². The summed E-state index contributed by atoms with van der Waals surface area (Å²) in [5.74, 6) is 0.777. The molecule has 0 fully saturated rings. The molecule has 2 aromatic carbocycles. The molecular formula is C17H14BrNO2. The van der Waals surface area contributed by atoms with Crippen molar-refractivity contribution in [3.05, 3.63) is 63.4 Å². The van der Waals surface area contributed by atoms with E-state index in [4.69, 9.17) is 4.74 Å². The van der Waals surface area contributed by atoms with Crippen LogP contribution in [0, 0.1) is 0 Å². The van der Waals surface area contributed by atoms with E-state index in [1.54, 1.807) is 7.11 Å². The van der Waals surface area contributed by atoms with Crippen LogP contribution in [0.2, 0.25) is 0 Å². The fraction of sp³-hybridized carbons (Fsp3) is 0.118. The zero-order valence-electron chi connectivity index (χ0n) is 11.8. The van der Waals surface area contributed by atoms with Gasteiger partial charge in [-0.2, -0.15) is 0 Å². The molecule has 4 heteroatoms. The summed E-state index contributed by atoms with van der Waals surface area (Å²) in [7, 11) is 3.57. The van der Waals surface area contributed by atoms with Gasteiger partial charge in [0.15, 0.2) is 5.43 Å². The molecule has 106 valence electrons. The number of pyridine rings is 1. The van der Waals surface area contributed by atoms with E-state index in [0.29, 0.717) is 10.9 Å². The second-order valence-electron chi connectivity index (χ2n) is 4.87. The number of hydrogen-bond donors (Lipinski definition) is 0. The Morgan fingerprint density at radius 2 is 1.81 bits per heavy atom. The monoisotopic (exact) mass is 343 g/mol. The van der Waals surface area contributed by atoms with E-state index in [9.17, 15) is 4.79 Å². The van der Waals surface area contributed by atoms with E-state index >= 15 is 0 Å². The van der Waals surface area contributed by atoms with E-state index in [-0.39, 0.29) is 5.43 Å². The van der Waals surface area contributed by atoms with E-state index in [1.165, 1.54) is 0 Å². The second-order valence-corrected chi connectivity index (χ2v) is 5.79. The number of hydrogen-bond acceptors (Lipinski definition) is 2. The molecule has 3 aromatic rings. The molecule has 21 heavy (non-hydrogen) atoms. The Labute approximate surface area is 130 Å². The van der Waals surface area contributed by atoms with E-state index in [2.05, 4.69) is 15.9 Å². The molecule has 0 amide bonds. The largest absolute Gasteiger partial charge is 0.497 e. The molecule has 0 aliphatic rings. The molecular weight excluding hydrogens is 330 g/mol. The number of benzene rings is 2. The number of rotatable bonds is 2. The van der Waals surface area contributed by atoms with Gasteiger partial charge in [-0.15, -0.1) is 0 Å². The van der Waals surface area contributed by atoms with Crippen molar-refractivity contribution in [2.75, 3.05) is 7.11 Å². The molecule has 1 aromatic heterocycles. The van der Waals surface area contributed by atoms with Crippen LogP contribution in [-0.4, -0.2) is 11.7 Å². The van der Waals surface area contributed by atoms with Gasteiger partial charge in [0.05, 0.1) is 12.6 Å². The first-order chi connectivity index (χ1) is 10.1. The van der Waals surface area contributed by atoms with Crippen molar-refractivity contribution >= 4 is 26.8 Å². The van der Waals surface area contributed by atoms with E-state index in [0.717, 1.165) is 21.3 Å². The molecule has 0 spiro atoms. The fourth-order valence-corrected chi connectivity index (χ4v) is 2.80. The van der Waals surface area contributed by atoms with Crippen LogP contribution in [0.1, 0.15) is 0 Å². The minimum Gasteiger partial charge on any atom is -0.497 e. The molecule has 0 atom stereocenters. The van der Waals surface area contributed by atoms with Gasteiger partial charge in [0, 0.05) is 28.7 Å². The normalized spacial score (nSPS) is 10.8. The third kappa shape index (κ3) is 2.47. The van der Waals surface area contributed by atoms with Gasteiger partial charge in [-0.3, -0.25) is 4.79 Å². The summed E-state index contributed by atoms with van der Waals surface area (Å²) in [6.07, 6.45) is 1.88. The lowest BCUT2D eigenvalue weighted by Crippen LogP contribution is -2.10. The van der Waals surface area contributed by atoms with Gasteiger partial charge in [0.2, 0.25) is 0 Å². The van der Waals surface area contributed by atoms with Crippen LogP contribution in [0.4, 0.5) is 0 Å². The number of aromatic nitrogens is 1. The lowest BCUT2D eigenvalue weighted by atomic mass is 10.0. The Hall–Kier alpha value is -2.07. The standard InChI is InChI=1S/C17H14BrNO2/c1-19-10-15(11-3-6-13(21-2)7-4-11)17(20)14-9-12(18)5-8-16(14)19/h3-10H,1-2H3. The Kier molecular flexibility index (Phi) is 3.55. The average molecular weight is 344 g/mol. The van der Waals surface area contributed by atoms with Gasteiger partial charge < -0.3 is 9.30 Å². The summed E-state index contributed by atoms with van der Waals surface area (Å²) in [5, 5.41) is 0.709. The van der Waals surface area contributed by atoms with Gasteiger partial charge in [-0.25, -0.2) is 0 Å². The lowest BCUT2D eigenvalue weighted by molar-refractivity contribution is 0.415. The van der Waals surface area contributed by atoms with Crippen LogP contribution in [0.25, 0.3) is 22.0 Å². The van der Waals surface area contributed by atoms with Crippen LogP contribution < -0.4 is 10.2 Å². The summed E-state index contributed by atoms with van der Waals surface area (Å²) in [6.45, 7) is 0. The number of ether oxygens (including phenoxy) is 1. The fourth-order valence-electron chi connectivity index (χ4n) is 2.44. The number of halogens is 1. The molecule has 0 saturated heterocycles. The first kappa shape index (κ1) is 13.9. The van der Waals surface area contributed by atoms with Crippen molar-refractivity contribution in [3.63, 3.8) is 0 Å². The van der Waals surface area contributed by atoms with Crippen LogP contribution in [0.3, 0.4) is 0 Å². The van der Waals surface area contributed by atoms with Crippen molar-refractivity contribution in [2.24, 2.45) is 7.05 Å². The molecule has 0 unspecified atom stereocenters. The quantitative estimate of drug-likeness (QED) is 0.704. The number of aryl methyl sites for hydroxylation is 1.